The van der Waals surface area contributed by atoms with E-state index in [4.69, 9.17) is 0 Å². The van der Waals surface area contributed by atoms with Crippen LogP contribution in [-0.4, -0.2) is 23.1 Å². The van der Waals surface area contributed by atoms with Crippen LogP contribution in [0.5, 0.6) is 5.75 Å². The van der Waals surface area contributed by atoms with E-state index in [1.54, 1.807) is 6.07 Å². The van der Waals surface area contributed by atoms with Crippen molar-refractivity contribution >= 4 is 21.6 Å². The Hall–Kier alpha value is -1.14. The Labute approximate surface area is 101 Å². The minimum Gasteiger partial charge on any atom is -0.501 e. The zero-order valence-electron chi connectivity index (χ0n) is 8.44. The maximum Gasteiger partial charge on any atom is 0.312 e. The molecule has 2 N–H and O–H groups in total. The Balaban J connectivity index is 2.43. The molecule has 0 spiro atoms. The van der Waals surface area contributed by atoms with Crippen molar-refractivity contribution in [1.29, 1.82) is 0 Å². The van der Waals surface area contributed by atoms with E-state index < -0.39 is 4.92 Å². The number of hydrogen-bond donors (Lipinski definition) is 2. The van der Waals surface area contributed by atoms with E-state index in [1.807, 2.05) is 0 Å². The van der Waals surface area contributed by atoms with Crippen LogP contribution in [0, 0.1) is 10.1 Å². The van der Waals surface area contributed by atoms with Crippen molar-refractivity contribution in [2.24, 2.45) is 0 Å². The van der Waals surface area contributed by atoms with E-state index in [0.29, 0.717) is 4.47 Å². The Kier molecular flexibility index (Phi) is 3.11. The molecule has 0 aromatic heterocycles. The molecule has 1 aliphatic rings. The second-order valence-corrected chi connectivity index (χ2v) is 4.67. The summed E-state index contributed by atoms with van der Waals surface area (Å²) < 4.78 is 0.378. The fourth-order valence-corrected chi connectivity index (χ4v) is 2.39. The van der Waals surface area contributed by atoms with E-state index in [2.05, 4.69) is 21.2 Å². The van der Waals surface area contributed by atoms with Gasteiger partial charge in [-0.3, -0.25) is 10.1 Å². The number of aromatic hydroxyl groups is 1. The lowest BCUT2D eigenvalue weighted by Crippen LogP contribution is -2.08. The molecule has 0 bridgehead atoms. The average molecular weight is 287 g/mol. The number of nitro benzene ring substituents is 1. The summed E-state index contributed by atoms with van der Waals surface area (Å²) in [4.78, 5) is 10.2. The van der Waals surface area contributed by atoms with E-state index in [0.717, 1.165) is 25.1 Å². The van der Waals surface area contributed by atoms with Crippen LogP contribution in [0.2, 0.25) is 0 Å². The predicted octanol–water partition coefficient (Wildman–Crippen LogP) is 2.14. The summed E-state index contributed by atoms with van der Waals surface area (Å²) in [5.41, 5.74) is 0.651. The first-order chi connectivity index (χ1) is 7.59. The fraction of sp³-hybridized carbons (Fsp3) is 0.400. The van der Waals surface area contributed by atoms with Gasteiger partial charge in [-0.1, -0.05) is 0 Å². The van der Waals surface area contributed by atoms with Crippen molar-refractivity contribution in [2.45, 2.75) is 12.3 Å². The minimum absolute atomic E-state index is 0.240. The van der Waals surface area contributed by atoms with Gasteiger partial charge >= 0.3 is 5.69 Å². The molecule has 1 unspecified atom stereocenters. The summed E-state index contributed by atoms with van der Waals surface area (Å²) in [6.45, 7) is 1.76. The molecule has 0 aliphatic carbocycles. The van der Waals surface area contributed by atoms with Crippen molar-refractivity contribution in [3.8, 4) is 5.75 Å². The molecule has 1 heterocycles. The lowest BCUT2D eigenvalue weighted by Gasteiger charge is -2.10. The Morgan fingerprint density at radius 3 is 2.88 bits per heavy atom. The molecule has 1 aromatic rings. The van der Waals surface area contributed by atoms with Crippen molar-refractivity contribution in [3.05, 3.63) is 32.3 Å². The van der Waals surface area contributed by atoms with Crippen LogP contribution >= 0.6 is 15.9 Å². The molecule has 1 atom stereocenters. The van der Waals surface area contributed by atoms with Gasteiger partial charge < -0.3 is 10.4 Å². The van der Waals surface area contributed by atoms with Gasteiger partial charge in [0.15, 0.2) is 0 Å². The van der Waals surface area contributed by atoms with Gasteiger partial charge in [-0.2, -0.15) is 0 Å². The topological polar surface area (TPSA) is 75.4 Å². The largest absolute Gasteiger partial charge is 0.501 e. The van der Waals surface area contributed by atoms with E-state index in [1.165, 1.54) is 6.07 Å². The van der Waals surface area contributed by atoms with E-state index in [-0.39, 0.29) is 17.4 Å². The highest BCUT2D eigenvalue weighted by atomic mass is 79.9. The van der Waals surface area contributed by atoms with Crippen LogP contribution in [-0.2, 0) is 0 Å². The number of nitrogens with one attached hydrogen (secondary N) is 1. The highest BCUT2D eigenvalue weighted by molar-refractivity contribution is 9.10. The monoisotopic (exact) mass is 286 g/mol. The van der Waals surface area contributed by atoms with Gasteiger partial charge in [-0.15, -0.1) is 0 Å². The van der Waals surface area contributed by atoms with Crippen LogP contribution < -0.4 is 5.32 Å². The third kappa shape index (κ3) is 2.03. The molecule has 16 heavy (non-hydrogen) atoms. The van der Waals surface area contributed by atoms with Crippen LogP contribution in [0.25, 0.3) is 0 Å². The molecule has 1 fully saturated rings. The molecular weight excluding hydrogens is 276 g/mol. The molecule has 86 valence electrons. The summed E-state index contributed by atoms with van der Waals surface area (Å²) >= 11 is 3.14. The maximum atomic E-state index is 10.8. The van der Waals surface area contributed by atoms with Gasteiger partial charge in [-0.05, 0) is 46.4 Å². The highest BCUT2D eigenvalue weighted by Crippen LogP contribution is 2.38. The summed E-state index contributed by atoms with van der Waals surface area (Å²) in [6, 6.07) is 3.21. The number of phenolic OH excluding ortho intramolecular Hbond substituents is 1. The zero-order valence-corrected chi connectivity index (χ0v) is 10.0. The molecule has 1 saturated heterocycles. The van der Waals surface area contributed by atoms with Crippen molar-refractivity contribution < 1.29 is 10.0 Å². The molecule has 0 radical (unpaired) electrons. The van der Waals surface area contributed by atoms with E-state index >= 15 is 0 Å². The first-order valence-electron chi connectivity index (χ1n) is 4.97. The first kappa shape index (κ1) is 11.3. The molecular formula is C10H11BrN2O3. The number of phenols is 1. The van der Waals surface area contributed by atoms with Crippen LogP contribution in [0.1, 0.15) is 17.9 Å². The molecule has 5 nitrogen and oxygen atoms in total. The van der Waals surface area contributed by atoms with Gasteiger partial charge in [-0.25, -0.2) is 0 Å². The van der Waals surface area contributed by atoms with Gasteiger partial charge in [0.1, 0.15) is 0 Å². The number of benzene rings is 1. The van der Waals surface area contributed by atoms with Crippen molar-refractivity contribution in [2.75, 3.05) is 13.1 Å². The predicted molar refractivity (Wildman–Crippen MR) is 62.7 cm³/mol. The van der Waals surface area contributed by atoms with Crippen molar-refractivity contribution in [3.63, 3.8) is 0 Å². The normalized spacial score (nSPS) is 19.9. The molecule has 0 amide bonds. The second-order valence-electron chi connectivity index (χ2n) is 3.82. The number of hydrogen-bond acceptors (Lipinski definition) is 4. The number of nitrogens with zero attached hydrogens (tertiary/aromatic N) is 1. The fourth-order valence-electron chi connectivity index (χ4n) is 1.92. The van der Waals surface area contributed by atoms with Gasteiger partial charge in [0.05, 0.1) is 9.40 Å². The molecule has 0 saturated carbocycles. The Morgan fingerprint density at radius 2 is 2.31 bits per heavy atom. The van der Waals surface area contributed by atoms with Crippen LogP contribution in [0.3, 0.4) is 0 Å². The first-order valence-corrected chi connectivity index (χ1v) is 5.76. The smallest absolute Gasteiger partial charge is 0.312 e. The molecule has 6 heteroatoms. The van der Waals surface area contributed by atoms with Gasteiger partial charge in [0, 0.05) is 12.6 Å². The number of halogens is 1. The number of nitro groups is 1. The van der Waals surface area contributed by atoms with E-state index in [9.17, 15) is 15.2 Å². The third-order valence-corrected chi connectivity index (χ3v) is 3.40. The van der Waals surface area contributed by atoms with Crippen LogP contribution in [0.15, 0.2) is 16.6 Å². The lowest BCUT2D eigenvalue weighted by atomic mass is 9.98. The molecule has 2 rings (SSSR count). The quantitative estimate of drug-likeness (QED) is 0.645. The summed E-state index contributed by atoms with van der Waals surface area (Å²) in [5.74, 6) is -0.0182. The minimum atomic E-state index is -0.564. The van der Waals surface area contributed by atoms with Crippen LogP contribution in [0.4, 0.5) is 5.69 Å². The highest BCUT2D eigenvalue weighted by Gasteiger charge is 2.23. The summed E-state index contributed by atoms with van der Waals surface area (Å²) in [6.07, 6.45) is 0.967. The van der Waals surface area contributed by atoms with Crippen molar-refractivity contribution in [1.82, 2.24) is 5.32 Å². The van der Waals surface area contributed by atoms with Gasteiger partial charge in [0.25, 0.3) is 0 Å². The third-order valence-electron chi connectivity index (χ3n) is 2.79. The zero-order chi connectivity index (χ0) is 11.7. The Morgan fingerprint density at radius 1 is 1.56 bits per heavy atom. The SMILES string of the molecule is O=[N+]([O-])c1cc(C2CCNC2)cc(Br)c1O. The standard InChI is InChI=1S/C10H11BrN2O3/c11-8-3-7(6-1-2-12-5-6)4-9(10(8)14)13(15)16/h3-4,6,12,14H,1-2,5H2. The Bertz CT molecular complexity index is 430. The molecule has 1 aliphatic heterocycles. The molecule has 1 aromatic carbocycles. The summed E-state index contributed by atoms with van der Waals surface area (Å²) in [5, 5.41) is 23.5. The maximum absolute atomic E-state index is 10.8. The average Bonchev–Trinajstić information content (AvgIpc) is 2.74. The lowest BCUT2D eigenvalue weighted by molar-refractivity contribution is -0.386. The van der Waals surface area contributed by atoms with Gasteiger partial charge in [0.2, 0.25) is 5.75 Å². The summed E-state index contributed by atoms with van der Waals surface area (Å²) in [7, 11) is 0. The number of rotatable bonds is 2. The second kappa shape index (κ2) is 4.39.